The molecule has 2 N–H and O–H groups in total. The van der Waals surface area contributed by atoms with E-state index >= 15 is 0 Å². The Morgan fingerprint density at radius 1 is 1.37 bits per heavy atom. The van der Waals surface area contributed by atoms with Crippen LogP contribution >= 0.6 is 0 Å². The summed E-state index contributed by atoms with van der Waals surface area (Å²) >= 11 is 0. The molecule has 2 aliphatic rings. The molecule has 0 spiro atoms. The highest BCUT2D eigenvalue weighted by molar-refractivity contribution is 7.91. The third-order valence-corrected chi connectivity index (χ3v) is 6.11. The summed E-state index contributed by atoms with van der Waals surface area (Å²) < 4.78 is 23.4. The summed E-state index contributed by atoms with van der Waals surface area (Å²) in [5, 5.41) is 13.5. The Labute approximate surface area is 116 Å². The van der Waals surface area contributed by atoms with Crippen molar-refractivity contribution in [2.24, 2.45) is 0 Å². The van der Waals surface area contributed by atoms with Crippen molar-refractivity contribution in [3.05, 3.63) is 0 Å². The van der Waals surface area contributed by atoms with Crippen LogP contribution in [0.25, 0.3) is 0 Å². The van der Waals surface area contributed by atoms with Crippen molar-refractivity contribution in [2.75, 3.05) is 24.6 Å². The van der Waals surface area contributed by atoms with Gasteiger partial charge in [0.2, 0.25) is 0 Å². The second kappa shape index (κ2) is 6.08. The van der Waals surface area contributed by atoms with Gasteiger partial charge in [0.15, 0.2) is 9.84 Å². The number of hydrogen-bond donors (Lipinski definition) is 2. The Balaban J connectivity index is 2.11. The number of likely N-dealkylation sites (N-methyl/N-ethyl adjacent to an activating group) is 1. The first-order valence-corrected chi connectivity index (χ1v) is 9.14. The molecule has 0 aromatic heterocycles. The summed E-state index contributed by atoms with van der Waals surface area (Å²) in [4.78, 5) is 2.24. The lowest BCUT2D eigenvalue weighted by atomic mass is 9.93. The first-order valence-electron chi connectivity index (χ1n) is 7.32. The van der Waals surface area contributed by atoms with Crippen molar-refractivity contribution in [1.82, 2.24) is 10.2 Å². The molecule has 2 aliphatic heterocycles. The Morgan fingerprint density at radius 3 is 2.68 bits per heavy atom. The molecular formula is C13H26N2O3S. The SMILES string of the molecule is CCNC(C)C1CCCCN1C1CS(=O)(=O)CC1O. The van der Waals surface area contributed by atoms with E-state index in [2.05, 4.69) is 24.1 Å². The van der Waals surface area contributed by atoms with E-state index in [1.807, 2.05) is 0 Å². The van der Waals surface area contributed by atoms with Crippen molar-refractivity contribution in [1.29, 1.82) is 0 Å². The second-order valence-electron chi connectivity index (χ2n) is 5.86. The third-order valence-electron chi connectivity index (χ3n) is 4.41. The summed E-state index contributed by atoms with van der Waals surface area (Å²) in [5.74, 6) is 0.0417. The highest BCUT2D eigenvalue weighted by Crippen LogP contribution is 2.27. The number of aliphatic hydroxyl groups is 1. The molecule has 2 fully saturated rings. The summed E-state index contributed by atoms with van der Waals surface area (Å²) in [6.07, 6.45) is 2.64. The molecule has 0 amide bonds. The Hall–Kier alpha value is -0.170. The molecule has 112 valence electrons. The van der Waals surface area contributed by atoms with Crippen molar-refractivity contribution in [3.8, 4) is 0 Å². The average Bonchev–Trinajstić information content (AvgIpc) is 2.63. The van der Waals surface area contributed by atoms with Gasteiger partial charge in [-0.1, -0.05) is 13.3 Å². The summed E-state index contributed by atoms with van der Waals surface area (Å²) in [6.45, 7) is 6.05. The van der Waals surface area contributed by atoms with E-state index in [9.17, 15) is 13.5 Å². The van der Waals surface area contributed by atoms with Gasteiger partial charge in [-0.3, -0.25) is 4.90 Å². The number of nitrogens with zero attached hydrogens (tertiary/aromatic N) is 1. The maximum atomic E-state index is 11.7. The molecule has 19 heavy (non-hydrogen) atoms. The molecule has 0 radical (unpaired) electrons. The number of likely N-dealkylation sites (tertiary alicyclic amines) is 1. The van der Waals surface area contributed by atoms with Crippen LogP contribution in [0, 0.1) is 0 Å². The lowest BCUT2D eigenvalue weighted by Crippen LogP contribution is -2.57. The van der Waals surface area contributed by atoms with Gasteiger partial charge in [0, 0.05) is 12.1 Å². The van der Waals surface area contributed by atoms with E-state index < -0.39 is 15.9 Å². The smallest absolute Gasteiger partial charge is 0.154 e. The highest BCUT2D eigenvalue weighted by Gasteiger charge is 2.43. The van der Waals surface area contributed by atoms with Crippen LogP contribution in [-0.2, 0) is 9.84 Å². The minimum absolute atomic E-state index is 0.0729. The van der Waals surface area contributed by atoms with Crippen LogP contribution in [0.5, 0.6) is 0 Å². The van der Waals surface area contributed by atoms with Crippen LogP contribution in [0.15, 0.2) is 0 Å². The van der Waals surface area contributed by atoms with Crippen molar-refractivity contribution in [2.45, 2.75) is 57.3 Å². The van der Waals surface area contributed by atoms with Gasteiger partial charge < -0.3 is 10.4 Å². The lowest BCUT2D eigenvalue weighted by molar-refractivity contribution is 0.0230. The normalized spacial score (nSPS) is 37.3. The van der Waals surface area contributed by atoms with Crippen LogP contribution in [0.1, 0.15) is 33.1 Å². The minimum atomic E-state index is -3.07. The molecule has 4 unspecified atom stereocenters. The zero-order chi connectivity index (χ0) is 14.0. The lowest BCUT2D eigenvalue weighted by Gasteiger charge is -2.43. The van der Waals surface area contributed by atoms with E-state index in [0.717, 1.165) is 25.9 Å². The first-order chi connectivity index (χ1) is 8.94. The van der Waals surface area contributed by atoms with Gasteiger partial charge in [-0.05, 0) is 32.9 Å². The molecule has 4 atom stereocenters. The number of aliphatic hydroxyl groups excluding tert-OH is 1. The molecule has 0 saturated carbocycles. The third kappa shape index (κ3) is 3.48. The number of hydrogen-bond acceptors (Lipinski definition) is 5. The maximum absolute atomic E-state index is 11.7. The Bertz CT molecular complexity index is 399. The molecule has 0 aromatic rings. The van der Waals surface area contributed by atoms with Crippen LogP contribution < -0.4 is 5.32 Å². The molecule has 2 saturated heterocycles. The maximum Gasteiger partial charge on any atom is 0.154 e. The van der Waals surface area contributed by atoms with Crippen LogP contribution in [0.4, 0.5) is 0 Å². The van der Waals surface area contributed by atoms with Crippen molar-refractivity contribution in [3.63, 3.8) is 0 Å². The molecule has 2 rings (SSSR count). The van der Waals surface area contributed by atoms with Gasteiger partial charge in [0.1, 0.15) is 0 Å². The first kappa shape index (κ1) is 15.2. The number of nitrogens with one attached hydrogen (secondary N) is 1. The molecule has 0 bridgehead atoms. The summed E-state index contributed by atoms with van der Waals surface area (Å²) in [5.41, 5.74) is 0. The van der Waals surface area contributed by atoms with Gasteiger partial charge in [-0.25, -0.2) is 8.42 Å². The van der Waals surface area contributed by atoms with Gasteiger partial charge >= 0.3 is 0 Å². The second-order valence-corrected chi connectivity index (χ2v) is 8.01. The van der Waals surface area contributed by atoms with Crippen LogP contribution in [0.3, 0.4) is 0 Å². The van der Waals surface area contributed by atoms with Gasteiger partial charge in [0.05, 0.1) is 23.7 Å². The fraction of sp³-hybridized carbons (Fsp3) is 1.00. The summed E-state index contributed by atoms with van der Waals surface area (Å²) in [6, 6.07) is 0.457. The largest absolute Gasteiger partial charge is 0.390 e. The molecule has 6 heteroatoms. The molecule has 0 aliphatic carbocycles. The van der Waals surface area contributed by atoms with Crippen molar-refractivity contribution < 1.29 is 13.5 Å². The molecule has 0 aromatic carbocycles. The van der Waals surface area contributed by atoms with Gasteiger partial charge in [0.25, 0.3) is 0 Å². The van der Waals surface area contributed by atoms with Gasteiger partial charge in [-0.2, -0.15) is 0 Å². The zero-order valence-corrected chi connectivity index (χ0v) is 12.7. The van der Waals surface area contributed by atoms with E-state index in [0.29, 0.717) is 12.1 Å². The summed E-state index contributed by atoms with van der Waals surface area (Å²) in [7, 11) is -3.07. The predicted octanol–water partition coefficient (Wildman–Crippen LogP) is -0.00320. The monoisotopic (exact) mass is 290 g/mol. The quantitative estimate of drug-likeness (QED) is 0.762. The highest BCUT2D eigenvalue weighted by atomic mass is 32.2. The Morgan fingerprint density at radius 2 is 2.11 bits per heavy atom. The van der Waals surface area contributed by atoms with Crippen LogP contribution in [0.2, 0.25) is 0 Å². The topological polar surface area (TPSA) is 69.6 Å². The van der Waals surface area contributed by atoms with E-state index in [4.69, 9.17) is 0 Å². The Kier molecular flexibility index (Phi) is 4.87. The zero-order valence-electron chi connectivity index (χ0n) is 11.9. The van der Waals surface area contributed by atoms with Crippen LogP contribution in [-0.4, -0.2) is 67.2 Å². The van der Waals surface area contributed by atoms with Crippen molar-refractivity contribution >= 4 is 9.84 Å². The number of sulfone groups is 1. The number of rotatable bonds is 4. The minimum Gasteiger partial charge on any atom is -0.390 e. The number of piperidine rings is 1. The standard InChI is InChI=1S/C13H26N2O3S/c1-3-14-10(2)11-6-4-5-7-15(11)12-8-19(17,18)9-13(12)16/h10-14,16H,3-9H2,1-2H3. The fourth-order valence-electron chi connectivity index (χ4n) is 3.51. The molecule has 2 heterocycles. The average molecular weight is 290 g/mol. The molecule has 5 nitrogen and oxygen atoms in total. The van der Waals surface area contributed by atoms with E-state index in [-0.39, 0.29) is 17.5 Å². The van der Waals surface area contributed by atoms with E-state index in [1.165, 1.54) is 6.42 Å². The fourth-order valence-corrected chi connectivity index (χ4v) is 5.33. The van der Waals surface area contributed by atoms with E-state index in [1.54, 1.807) is 0 Å². The molecular weight excluding hydrogens is 264 g/mol. The van der Waals surface area contributed by atoms with Gasteiger partial charge in [-0.15, -0.1) is 0 Å². The predicted molar refractivity (Wildman–Crippen MR) is 75.9 cm³/mol.